The Balaban J connectivity index is 2.26. The Morgan fingerprint density at radius 2 is 2.19 bits per heavy atom. The van der Waals surface area contributed by atoms with E-state index in [4.69, 9.17) is 9.47 Å². The van der Waals surface area contributed by atoms with E-state index in [1.807, 2.05) is 0 Å². The van der Waals surface area contributed by atoms with Crippen molar-refractivity contribution in [3.05, 3.63) is 35.0 Å². The molecule has 1 aromatic heterocycles. The summed E-state index contributed by atoms with van der Waals surface area (Å²) in [6, 6.07) is 5.31. The number of carbonyl (C=O) groups is 1. The fourth-order valence-electron chi connectivity index (χ4n) is 2.96. The topological polar surface area (TPSA) is 68.7 Å². The number of methoxy groups -OCH3 is 2. The van der Waals surface area contributed by atoms with Crippen LogP contribution in [0.2, 0.25) is 0 Å². The number of hydrogen-bond donors (Lipinski definition) is 1. The lowest BCUT2D eigenvalue weighted by Gasteiger charge is -2.25. The van der Waals surface area contributed by atoms with Crippen molar-refractivity contribution in [3.63, 3.8) is 0 Å². The molecule has 1 N–H and O–H groups in total. The van der Waals surface area contributed by atoms with Crippen molar-refractivity contribution in [1.29, 1.82) is 0 Å². The Morgan fingerprint density at radius 1 is 1.38 bits per heavy atom. The molecule has 1 aliphatic rings. The molecule has 5 heteroatoms. The van der Waals surface area contributed by atoms with Crippen LogP contribution in [-0.4, -0.2) is 36.4 Å². The van der Waals surface area contributed by atoms with Crippen molar-refractivity contribution in [2.75, 3.05) is 14.2 Å². The zero-order valence-corrected chi connectivity index (χ0v) is 12.0. The number of aromatic nitrogens is 1. The standard InChI is InChI=1S/C16H17NO4/c1-20-9-4-6-13-12(7-9)15(16(18)19)11-5-3-10(21-2)8-14(11)17-13/h3,5,8-9H,4,6-7H2,1-2H3,(H,18,19). The van der Waals surface area contributed by atoms with Crippen molar-refractivity contribution >= 4 is 16.9 Å². The smallest absolute Gasteiger partial charge is 0.336 e. The van der Waals surface area contributed by atoms with Crippen LogP contribution in [-0.2, 0) is 17.6 Å². The molecule has 0 radical (unpaired) electrons. The van der Waals surface area contributed by atoms with Crippen LogP contribution in [0.3, 0.4) is 0 Å². The van der Waals surface area contributed by atoms with Gasteiger partial charge in [0.05, 0.1) is 24.3 Å². The van der Waals surface area contributed by atoms with Gasteiger partial charge in [-0.15, -0.1) is 0 Å². The SMILES string of the molecule is COc1ccc2c(C(=O)O)c3c(nc2c1)CCC(OC)C3. The number of carboxylic acids is 1. The summed E-state index contributed by atoms with van der Waals surface area (Å²) in [5, 5.41) is 10.3. The molecule has 0 spiro atoms. The molecule has 1 aromatic carbocycles. The molecule has 0 saturated carbocycles. The van der Waals surface area contributed by atoms with Gasteiger partial charge >= 0.3 is 5.97 Å². The molecule has 110 valence electrons. The number of carboxylic acid groups (broad SMARTS) is 1. The van der Waals surface area contributed by atoms with Crippen LogP contribution in [0.15, 0.2) is 18.2 Å². The fourth-order valence-corrected chi connectivity index (χ4v) is 2.96. The number of hydrogen-bond acceptors (Lipinski definition) is 4. The summed E-state index contributed by atoms with van der Waals surface area (Å²) in [5.74, 6) is -0.238. The Hall–Kier alpha value is -2.14. The summed E-state index contributed by atoms with van der Waals surface area (Å²) in [5.41, 5.74) is 2.68. The number of aryl methyl sites for hydroxylation is 1. The molecule has 5 nitrogen and oxygen atoms in total. The number of benzene rings is 1. The summed E-state index contributed by atoms with van der Waals surface area (Å²) in [7, 11) is 3.25. The second kappa shape index (κ2) is 5.33. The molecule has 0 amide bonds. The predicted molar refractivity (Wildman–Crippen MR) is 78.1 cm³/mol. The van der Waals surface area contributed by atoms with E-state index in [-0.39, 0.29) is 6.10 Å². The fraction of sp³-hybridized carbons (Fsp3) is 0.375. The second-order valence-corrected chi connectivity index (χ2v) is 5.20. The number of ether oxygens (including phenoxy) is 2. The number of fused-ring (bicyclic) bond motifs is 2. The minimum absolute atomic E-state index is 0.0631. The Morgan fingerprint density at radius 3 is 2.86 bits per heavy atom. The number of aromatic carboxylic acids is 1. The van der Waals surface area contributed by atoms with Crippen LogP contribution in [0.4, 0.5) is 0 Å². The molecule has 0 fully saturated rings. The first-order valence-electron chi connectivity index (χ1n) is 6.89. The molecule has 0 aliphatic heterocycles. The highest BCUT2D eigenvalue weighted by molar-refractivity contribution is 6.04. The average molecular weight is 287 g/mol. The Kier molecular flexibility index (Phi) is 3.51. The van der Waals surface area contributed by atoms with E-state index in [9.17, 15) is 9.90 Å². The zero-order valence-electron chi connectivity index (χ0n) is 12.0. The van der Waals surface area contributed by atoms with Gasteiger partial charge in [-0.1, -0.05) is 0 Å². The van der Waals surface area contributed by atoms with Gasteiger partial charge in [-0.25, -0.2) is 4.79 Å². The van der Waals surface area contributed by atoms with Crippen molar-refractivity contribution in [3.8, 4) is 5.75 Å². The average Bonchev–Trinajstić information content (AvgIpc) is 2.51. The van der Waals surface area contributed by atoms with Gasteiger partial charge in [0.15, 0.2) is 0 Å². The zero-order chi connectivity index (χ0) is 15.0. The summed E-state index contributed by atoms with van der Waals surface area (Å²) in [4.78, 5) is 16.4. The van der Waals surface area contributed by atoms with E-state index in [0.29, 0.717) is 28.6 Å². The van der Waals surface area contributed by atoms with Crippen molar-refractivity contribution < 1.29 is 19.4 Å². The summed E-state index contributed by atoms with van der Waals surface area (Å²) >= 11 is 0. The number of nitrogens with zero attached hydrogens (tertiary/aromatic N) is 1. The first kappa shape index (κ1) is 13.8. The molecule has 2 aromatic rings. The van der Waals surface area contributed by atoms with E-state index in [0.717, 1.165) is 24.1 Å². The minimum Gasteiger partial charge on any atom is -0.497 e. The molecule has 0 bridgehead atoms. The van der Waals surface area contributed by atoms with Gasteiger partial charge in [-0.2, -0.15) is 0 Å². The van der Waals surface area contributed by atoms with Gasteiger partial charge in [0.2, 0.25) is 0 Å². The maximum atomic E-state index is 11.7. The maximum Gasteiger partial charge on any atom is 0.336 e. The van der Waals surface area contributed by atoms with Gasteiger partial charge in [0.1, 0.15) is 5.75 Å². The van der Waals surface area contributed by atoms with E-state index in [2.05, 4.69) is 4.98 Å². The summed E-state index contributed by atoms with van der Waals surface area (Å²) in [6.45, 7) is 0. The molecular formula is C16H17NO4. The maximum absolute atomic E-state index is 11.7. The largest absolute Gasteiger partial charge is 0.497 e. The molecule has 1 unspecified atom stereocenters. The second-order valence-electron chi connectivity index (χ2n) is 5.20. The van der Waals surface area contributed by atoms with Gasteiger partial charge in [0.25, 0.3) is 0 Å². The van der Waals surface area contributed by atoms with Gasteiger partial charge in [-0.3, -0.25) is 4.98 Å². The van der Waals surface area contributed by atoms with Crippen LogP contribution >= 0.6 is 0 Å². The van der Waals surface area contributed by atoms with Crippen LogP contribution < -0.4 is 4.74 Å². The predicted octanol–water partition coefficient (Wildman–Crippen LogP) is 2.45. The minimum atomic E-state index is -0.916. The third kappa shape index (κ3) is 2.34. The highest BCUT2D eigenvalue weighted by Gasteiger charge is 2.26. The summed E-state index contributed by atoms with van der Waals surface area (Å²) in [6.07, 6.45) is 2.27. The molecule has 1 atom stereocenters. The van der Waals surface area contributed by atoms with Crippen molar-refractivity contribution in [2.24, 2.45) is 0 Å². The summed E-state index contributed by atoms with van der Waals surface area (Å²) < 4.78 is 10.6. The molecule has 21 heavy (non-hydrogen) atoms. The molecule has 0 saturated heterocycles. The van der Waals surface area contributed by atoms with E-state index >= 15 is 0 Å². The first-order chi connectivity index (χ1) is 10.1. The molecule has 1 aliphatic carbocycles. The first-order valence-corrected chi connectivity index (χ1v) is 6.89. The molecule has 1 heterocycles. The lowest BCUT2D eigenvalue weighted by molar-refractivity contribution is 0.0690. The van der Waals surface area contributed by atoms with E-state index in [1.165, 1.54) is 0 Å². The van der Waals surface area contributed by atoms with Gasteiger partial charge in [0, 0.05) is 30.7 Å². The Bertz CT molecular complexity index is 711. The van der Waals surface area contributed by atoms with Crippen LogP contribution in [0, 0.1) is 0 Å². The van der Waals surface area contributed by atoms with Crippen LogP contribution in [0.1, 0.15) is 28.0 Å². The number of rotatable bonds is 3. The highest BCUT2D eigenvalue weighted by atomic mass is 16.5. The lowest BCUT2D eigenvalue weighted by atomic mass is 9.88. The van der Waals surface area contributed by atoms with Crippen LogP contribution in [0.5, 0.6) is 5.75 Å². The Labute approximate surface area is 122 Å². The highest BCUT2D eigenvalue weighted by Crippen LogP contribution is 2.31. The normalized spacial score (nSPS) is 17.5. The number of pyridine rings is 1. The van der Waals surface area contributed by atoms with Crippen molar-refractivity contribution in [2.45, 2.75) is 25.4 Å². The van der Waals surface area contributed by atoms with Crippen molar-refractivity contribution in [1.82, 2.24) is 4.98 Å². The van der Waals surface area contributed by atoms with E-state index in [1.54, 1.807) is 32.4 Å². The van der Waals surface area contributed by atoms with Gasteiger partial charge < -0.3 is 14.6 Å². The third-order valence-electron chi connectivity index (χ3n) is 4.06. The van der Waals surface area contributed by atoms with E-state index < -0.39 is 5.97 Å². The molecule has 3 rings (SSSR count). The third-order valence-corrected chi connectivity index (χ3v) is 4.06. The van der Waals surface area contributed by atoms with Crippen LogP contribution in [0.25, 0.3) is 10.9 Å². The monoisotopic (exact) mass is 287 g/mol. The molecular weight excluding hydrogens is 270 g/mol. The quantitative estimate of drug-likeness (QED) is 0.939. The lowest BCUT2D eigenvalue weighted by Crippen LogP contribution is -2.24. The van der Waals surface area contributed by atoms with Gasteiger partial charge in [-0.05, 0) is 30.5 Å².